The van der Waals surface area contributed by atoms with Crippen LogP contribution in [-0.2, 0) is 6.54 Å². The highest BCUT2D eigenvalue weighted by molar-refractivity contribution is 7.17. The lowest BCUT2D eigenvalue weighted by Gasteiger charge is -2.31. The number of carbonyl (C=O) groups is 1. The first-order chi connectivity index (χ1) is 14.5. The zero-order valence-corrected chi connectivity index (χ0v) is 18.5. The molecular weight excluding hydrogens is 416 g/mol. The molecule has 0 aliphatic rings. The zero-order valence-electron chi connectivity index (χ0n) is 17.0. The average molecular weight is 439 g/mol. The van der Waals surface area contributed by atoms with Gasteiger partial charge in [0.15, 0.2) is 11.4 Å². The van der Waals surface area contributed by atoms with Crippen molar-refractivity contribution in [2.24, 2.45) is 10.2 Å². The van der Waals surface area contributed by atoms with Crippen LogP contribution >= 0.6 is 22.9 Å². The van der Waals surface area contributed by atoms with Gasteiger partial charge in [0.1, 0.15) is 4.88 Å². The van der Waals surface area contributed by atoms with Crippen LogP contribution < -0.4 is 4.90 Å². The summed E-state index contributed by atoms with van der Waals surface area (Å²) in [5.41, 5.74) is 4.19. The van der Waals surface area contributed by atoms with Crippen molar-refractivity contribution in [2.45, 2.75) is 32.9 Å². The van der Waals surface area contributed by atoms with Crippen LogP contribution in [0.15, 0.2) is 65.3 Å². The minimum atomic E-state index is 0.157. The molecule has 0 aliphatic carbocycles. The molecule has 2 aromatic carbocycles. The number of aldehydes is 1. The number of carbonyl (C=O) groups excluding carboxylic acids is 1. The molecule has 0 spiro atoms. The maximum absolute atomic E-state index is 10.9. The molecule has 0 radical (unpaired) electrons. The van der Waals surface area contributed by atoms with Gasteiger partial charge >= 0.3 is 0 Å². The van der Waals surface area contributed by atoms with E-state index < -0.39 is 0 Å². The molecule has 3 aromatic rings. The van der Waals surface area contributed by atoms with E-state index >= 15 is 0 Å². The molecule has 5 nitrogen and oxygen atoms in total. The van der Waals surface area contributed by atoms with Crippen molar-refractivity contribution in [1.82, 2.24) is 4.98 Å². The number of nitrogens with zero attached hydrogens (tertiary/aromatic N) is 4. The second-order valence-corrected chi connectivity index (χ2v) is 8.18. The fraction of sp³-hybridized carbons (Fsp3) is 0.217. The molecule has 1 atom stereocenters. The van der Waals surface area contributed by atoms with E-state index in [9.17, 15) is 4.79 Å². The number of anilines is 1. The third-order valence-corrected chi connectivity index (χ3v) is 6.09. The molecule has 30 heavy (non-hydrogen) atoms. The average Bonchev–Trinajstić information content (AvgIpc) is 3.16. The Kier molecular flexibility index (Phi) is 7.49. The van der Waals surface area contributed by atoms with Crippen LogP contribution in [0.4, 0.5) is 16.5 Å². The first-order valence-electron chi connectivity index (χ1n) is 9.65. The van der Waals surface area contributed by atoms with Gasteiger partial charge in [-0.15, -0.1) is 10.2 Å². The summed E-state index contributed by atoms with van der Waals surface area (Å²) in [7, 11) is 0. The van der Waals surface area contributed by atoms with Gasteiger partial charge in [-0.1, -0.05) is 66.8 Å². The standard InChI is InChI=1S/C23H23ClN4OS/c1-4-16(3)28(14-18-8-6-17(5-2)7-9-18)20-12-10-19(11-13-20)26-27-23-25-22(24)21(15-29)30-23/h5-13,15-16H,2,4,14H2,1,3H3. The van der Waals surface area contributed by atoms with E-state index in [2.05, 4.69) is 64.8 Å². The summed E-state index contributed by atoms with van der Waals surface area (Å²) in [5.74, 6) is 0. The lowest BCUT2D eigenvalue weighted by molar-refractivity contribution is 0.112. The Hall–Kier alpha value is -2.83. The third-order valence-electron chi connectivity index (χ3n) is 4.83. The molecular formula is C23H23ClN4OS. The monoisotopic (exact) mass is 438 g/mol. The molecule has 1 heterocycles. The van der Waals surface area contributed by atoms with Crippen LogP contribution in [0.5, 0.6) is 0 Å². The molecule has 0 bridgehead atoms. The van der Waals surface area contributed by atoms with Crippen molar-refractivity contribution in [3.8, 4) is 0 Å². The van der Waals surface area contributed by atoms with E-state index in [0.717, 1.165) is 35.6 Å². The predicted molar refractivity (Wildman–Crippen MR) is 126 cm³/mol. The maximum Gasteiger partial charge on any atom is 0.232 e. The van der Waals surface area contributed by atoms with Gasteiger partial charge < -0.3 is 4.90 Å². The third kappa shape index (κ3) is 5.40. The van der Waals surface area contributed by atoms with Gasteiger partial charge in [0, 0.05) is 18.3 Å². The summed E-state index contributed by atoms with van der Waals surface area (Å²) in [6, 6.07) is 16.8. The van der Waals surface area contributed by atoms with Gasteiger partial charge in [-0.25, -0.2) is 4.98 Å². The van der Waals surface area contributed by atoms with Crippen LogP contribution in [-0.4, -0.2) is 17.3 Å². The molecule has 0 aliphatic heterocycles. The lowest BCUT2D eigenvalue weighted by Crippen LogP contribution is -2.31. The van der Waals surface area contributed by atoms with E-state index in [1.165, 1.54) is 5.56 Å². The van der Waals surface area contributed by atoms with Gasteiger partial charge in [0.2, 0.25) is 5.13 Å². The molecule has 0 N–H and O–H groups in total. The van der Waals surface area contributed by atoms with E-state index in [0.29, 0.717) is 28.0 Å². The fourth-order valence-corrected chi connectivity index (χ4v) is 3.79. The fourth-order valence-electron chi connectivity index (χ4n) is 2.91. The smallest absolute Gasteiger partial charge is 0.232 e. The Morgan fingerprint density at radius 2 is 1.87 bits per heavy atom. The Balaban J connectivity index is 1.76. The molecule has 0 saturated heterocycles. The molecule has 0 fully saturated rings. The van der Waals surface area contributed by atoms with Gasteiger partial charge in [-0.3, -0.25) is 4.79 Å². The highest BCUT2D eigenvalue weighted by Gasteiger charge is 2.14. The van der Waals surface area contributed by atoms with Crippen LogP contribution in [0, 0.1) is 0 Å². The quantitative estimate of drug-likeness (QED) is 0.257. The van der Waals surface area contributed by atoms with Gasteiger partial charge in [0.25, 0.3) is 0 Å². The van der Waals surface area contributed by atoms with Crippen molar-refractivity contribution in [1.29, 1.82) is 0 Å². The Bertz CT molecular complexity index is 1030. The number of azo groups is 1. The van der Waals surface area contributed by atoms with E-state index in [4.69, 9.17) is 11.6 Å². The Morgan fingerprint density at radius 3 is 2.43 bits per heavy atom. The SMILES string of the molecule is C=Cc1ccc(CN(c2ccc(N=Nc3nc(Cl)c(C=O)s3)cc2)C(C)CC)cc1. The second-order valence-electron chi connectivity index (χ2n) is 6.82. The van der Waals surface area contributed by atoms with E-state index in [1.54, 1.807) is 0 Å². The maximum atomic E-state index is 10.9. The van der Waals surface area contributed by atoms with Crippen molar-refractivity contribution >= 4 is 51.8 Å². The van der Waals surface area contributed by atoms with Crippen LogP contribution in [0.2, 0.25) is 5.15 Å². The minimum Gasteiger partial charge on any atom is -0.365 e. The topological polar surface area (TPSA) is 57.9 Å². The largest absolute Gasteiger partial charge is 0.365 e. The highest BCUT2D eigenvalue weighted by atomic mass is 35.5. The lowest BCUT2D eigenvalue weighted by atomic mass is 10.1. The predicted octanol–water partition coefficient (Wildman–Crippen LogP) is 7.47. The van der Waals surface area contributed by atoms with Crippen molar-refractivity contribution < 1.29 is 4.79 Å². The van der Waals surface area contributed by atoms with Gasteiger partial charge in [0.05, 0.1) is 5.69 Å². The summed E-state index contributed by atoms with van der Waals surface area (Å²) in [4.78, 5) is 17.6. The summed E-state index contributed by atoms with van der Waals surface area (Å²) in [5, 5.41) is 8.80. The van der Waals surface area contributed by atoms with Crippen molar-refractivity contribution in [3.05, 3.63) is 76.3 Å². The molecule has 0 amide bonds. The van der Waals surface area contributed by atoms with E-state index in [1.807, 2.05) is 30.3 Å². The summed E-state index contributed by atoms with van der Waals surface area (Å²) < 4.78 is 0. The minimum absolute atomic E-state index is 0.157. The first-order valence-corrected chi connectivity index (χ1v) is 10.8. The van der Waals surface area contributed by atoms with Crippen molar-refractivity contribution in [3.63, 3.8) is 0 Å². The van der Waals surface area contributed by atoms with E-state index in [-0.39, 0.29) is 5.15 Å². The molecule has 7 heteroatoms. The summed E-state index contributed by atoms with van der Waals surface area (Å²) >= 11 is 6.98. The summed E-state index contributed by atoms with van der Waals surface area (Å²) in [6.07, 6.45) is 3.56. The highest BCUT2D eigenvalue weighted by Crippen LogP contribution is 2.30. The van der Waals surface area contributed by atoms with Crippen LogP contribution in [0.1, 0.15) is 41.1 Å². The molecule has 1 unspecified atom stereocenters. The number of hydrogen-bond donors (Lipinski definition) is 0. The number of halogens is 1. The Labute approximate surface area is 185 Å². The first kappa shape index (κ1) is 21.9. The Morgan fingerprint density at radius 1 is 1.17 bits per heavy atom. The number of hydrogen-bond acceptors (Lipinski definition) is 6. The molecule has 154 valence electrons. The number of aromatic nitrogens is 1. The van der Waals surface area contributed by atoms with Gasteiger partial charge in [-0.2, -0.15) is 0 Å². The van der Waals surface area contributed by atoms with Crippen LogP contribution in [0.25, 0.3) is 6.08 Å². The molecule has 1 aromatic heterocycles. The second kappa shape index (κ2) is 10.3. The zero-order chi connectivity index (χ0) is 21.5. The normalized spacial score (nSPS) is 12.1. The number of benzene rings is 2. The number of thiazole rings is 1. The summed E-state index contributed by atoms with van der Waals surface area (Å²) in [6.45, 7) is 9.04. The molecule has 0 saturated carbocycles. The van der Waals surface area contributed by atoms with Crippen molar-refractivity contribution in [2.75, 3.05) is 4.90 Å². The van der Waals surface area contributed by atoms with Crippen LogP contribution in [0.3, 0.4) is 0 Å². The number of rotatable bonds is 9. The molecule has 3 rings (SSSR count). The van der Waals surface area contributed by atoms with Gasteiger partial charge in [-0.05, 0) is 48.7 Å².